The molecule has 5 rings (SSSR count). The van der Waals surface area contributed by atoms with E-state index in [0.29, 0.717) is 11.5 Å². The van der Waals surface area contributed by atoms with E-state index in [2.05, 4.69) is 5.32 Å². The SMILES string of the molecule is CC(=O)NC12C(=O)c3cccc([N+](=O)[O-])c3C1(O)Oc1cc(C3CC3)ccc12. The maximum absolute atomic E-state index is 13.4. The average molecular weight is 380 g/mol. The smallest absolute Gasteiger partial charge is 0.280 e. The van der Waals surface area contributed by atoms with Gasteiger partial charge in [-0.05, 0) is 30.4 Å². The number of nitro benzene ring substituents is 1. The zero-order valence-electron chi connectivity index (χ0n) is 14.9. The van der Waals surface area contributed by atoms with Crippen LogP contribution in [0.2, 0.25) is 0 Å². The summed E-state index contributed by atoms with van der Waals surface area (Å²) in [7, 11) is 0. The van der Waals surface area contributed by atoms with Crippen molar-refractivity contribution in [3.05, 3.63) is 68.8 Å². The number of rotatable bonds is 3. The van der Waals surface area contributed by atoms with E-state index >= 15 is 0 Å². The third-order valence-corrected chi connectivity index (χ3v) is 5.75. The molecule has 2 aromatic carbocycles. The van der Waals surface area contributed by atoms with E-state index in [1.54, 1.807) is 12.1 Å². The van der Waals surface area contributed by atoms with Crippen molar-refractivity contribution in [2.75, 3.05) is 0 Å². The fraction of sp³-hybridized carbons (Fsp3) is 0.300. The largest absolute Gasteiger partial charge is 0.454 e. The molecule has 2 unspecified atom stereocenters. The summed E-state index contributed by atoms with van der Waals surface area (Å²) < 4.78 is 5.84. The molecule has 2 N–H and O–H groups in total. The first-order valence-corrected chi connectivity index (χ1v) is 8.97. The monoisotopic (exact) mass is 380 g/mol. The highest BCUT2D eigenvalue weighted by Crippen LogP contribution is 2.60. The van der Waals surface area contributed by atoms with Gasteiger partial charge in [-0.2, -0.15) is 0 Å². The molecule has 0 bridgehead atoms. The van der Waals surface area contributed by atoms with E-state index in [1.807, 2.05) is 6.07 Å². The minimum Gasteiger partial charge on any atom is -0.454 e. The highest BCUT2D eigenvalue weighted by molar-refractivity contribution is 6.13. The molecule has 0 spiro atoms. The molecule has 2 atom stereocenters. The van der Waals surface area contributed by atoms with Crippen LogP contribution in [0, 0.1) is 10.1 Å². The van der Waals surface area contributed by atoms with Gasteiger partial charge in [-0.15, -0.1) is 0 Å². The van der Waals surface area contributed by atoms with Gasteiger partial charge in [-0.1, -0.05) is 24.3 Å². The van der Waals surface area contributed by atoms with Crippen molar-refractivity contribution in [3.8, 4) is 5.75 Å². The van der Waals surface area contributed by atoms with E-state index in [0.717, 1.165) is 18.4 Å². The highest BCUT2D eigenvalue weighted by atomic mass is 16.6. The molecule has 1 aliphatic heterocycles. The van der Waals surface area contributed by atoms with Crippen LogP contribution >= 0.6 is 0 Å². The first-order chi connectivity index (χ1) is 13.3. The Kier molecular flexibility index (Phi) is 3.12. The molecule has 0 radical (unpaired) electrons. The predicted octanol–water partition coefficient (Wildman–Crippen LogP) is 2.24. The Labute approximate surface area is 159 Å². The second kappa shape index (κ2) is 5.17. The number of nitro groups is 1. The molecule has 8 heteroatoms. The first kappa shape index (κ1) is 16.9. The number of nitrogens with zero attached hydrogens (tertiary/aromatic N) is 1. The van der Waals surface area contributed by atoms with Crippen molar-refractivity contribution in [1.82, 2.24) is 5.32 Å². The number of benzene rings is 2. The first-order valence-electron chi connectivity index (χ1n) is 8.97. The number of ketones is 1. The normalized spacial score (nSPS) is 26.9. The third kappa shape index (κ3) is 1.87. The number of Topliss-reactive ketones (excluding diaryl/α,β-unsaturated/α-hetero) is 1. The summed E-state index contributed by atoms with van der Waals surface area (Å²) in [6, 6.07) is 9.22. The molecule has 2 aromatic rings. The van der Waals surface area contributed by atoms with Gasteiger partial charge in [0.05, 0.1) is 4.92 Å². The number of aliphatic hydroxyl groups is 1. The second-order valence-corrected chi connectivity index (χ2v) is 7.49. The molecule has 1 heterocycles. The second-order valence-electron chi connectivity index (χ2n) is 7.49. The van der Waals surface area contributed by atoms with Crippen LogP contribution in [-0.2, 0) is 16.1 Å². The van der Waals surface area contributed by atoms with Gasteiger partial charge in [0.25, 0.3) is 11.5 Å². The molecule has 1 amide bonds. The molecular formula is C20H16N2O6. The molecule has 1 fully saturated rings. The maximum atomic E-state index is 13.4. The minimum atomic E-state index is -2.40. The van der Waals surface area contributed by atoms with Gasteiger partial charge >= 0.3 is 0 Å². The van der Waals surface area contributed by atoms with Gasteiger partial charge < -0.3 is 15.2 Å². The zero-order chi connectivity index (χ0) is 19.8. The summed E-state index contributed by atoms with van der Waals surface area (Å²) in [5.41, 5.74) is -1.37. The molecule has 1 saturated carbocycles. The number of carbonyl (C=O) groups excluding carboxylic acids is 2. The minimum absolute atomic E-state index is 0.0395. The van der Waals surface area contributed by atoms with Crippen LogP contribution in [0.4, 0.5) is 5.69 Å². The Morgan fingerprint density at radius 2 is 2.07 bits per heavy atom. The number of ether oxygens (including phenoxy) is 1. The van der Waals surface area contributed by atoms with Gasteiger partial charge in [0.1, 0.15) is 11.3 Å². The van der Waals surface area contributed by atoms with Crippen LogP contribution < -0.4 is 10.1 Å². The maximum Gasteiger partial charge on any atom is 0.280 e. The summed E-state index contributed by atoms with van der Waals surface area (Å²) in [4.78, 5) is 36.4. The van der Waals surface area contributed by atoms with Crippen molar-refractivity contribution in [1.29, 1.82) is 0 Å². The quantitative estimate of drug-likeness (QED) is 0.623. The van der Waals surface area contributed by atoms with E-state index in [1.165, 1.54) is 25.1 Å². The molecule has 0 saturated heterocycles. The topological polar surface area (TPSA) is 119 Å². The van der Waals surface area contributed by atoms with E-state index < -0.39 is 33.6 Å². The summed E-state index contributed by atoms with van der Waals surface area (Å²) in [5, 5.41) is 25.7. The Balaban J connectivity index is 1.80. The lowest BCUT2D eigenvalue weighted by molar-refractivity contribution is -0.388. The van der Waals surface area contributed by atoms with Crippen LogP contribution in [0.1, 0.15) is 52.7 Å². The number of carbonyl (C=O) groups is 2. The fourth-order valence-corrected chi connectivity index (χ4v) is 4.45. The Bertz CT molecular complexity index is 1090. The molecule has 0 aromatic heterocycles. The molecular weight excluding hydrogens is 364 g/mol. The lowest BCUT2D eigenvalue weighted by atomic mass is 9.82. The van der Waals surface area contributed by atoms with Crippen LogP contribution in [0.5, 0.6) is 5.75 Å². The van der Waals surface area contributed by atoms with Crippen molar-refractivity contribution >= 4 is 17.4 Å². The summed E-state index contributed by atoms with van der Waals surface area (Å²) in [5.74, 6) is -2.96. The van der Waals surface area contributed by atoms with E-state index in [-0.39, 0.29) is 16.9 Å². The van der Waals surface area contributed by atoms with Gasteiger partial charge in [0.15, 0.2) is 0 Å². The molecule has 8 nitrogen and oxygen atoms in total. The van der Waals surface area contributed by atoms with E-state index in [4.69, 9.17) is 4.74 Å². The molecule has 142 valence electrons. The lowest BCUT2D eigenvalue weighted by Gasteiger charge is -2.33. The Morgan fingerprint density at radius 1 is 1.32 bits per heavy atom. The lowest BCUT2D eigenvalue weighted by Crippen LogP contribution is -2.59. The standard InChI is InChI=1S/C20H16N2O6/c1-10(23)21-19-14-8-7-12(11-5-6-11)9-16(14)28-20(19,25)17-13(18(19)24)3-2-4-15(17)22(26)27/h2-4,7-9,11,25H,5-6H2,1H3,(H,21,23). The van der Waals surface area contributed by atoms with Crippen LogP contribution in [0.3, 0.4) is 0 Å². The number of hydrogen-bond acceptors (Lipinski definition) is 6. The number of fused-ring (bicyclic) bond motifs is 5. The van der Waals surface area contributed by atoms with Crippen molar-refractivity contribution in [2.45, 2.75) is 37.0 Å². The number of amides is 1. The summed E-state index contributed by atoms with van der Waals surface area (Å²) in [6.45, 7) is 1.22. The van der Waals surface area contributed by atoms with Gasteiger partial charge in [0.2, 0.25) is 17.2 Å². The molecule has 2 aliphatic carbocycles. The Hall–Kier alpha value is -3.26. The summed E-state index contributed by atoms with van der Waals surface area (Å²) >= 11 is 0. The average Bonchev–Trinajstić information content (AvgIpc) is 3.43. The predicted molar refractivity (Wildman–Crippen MR) is 95.9 cm³/mol. The van der Waals surface area contributed by atoms with Gasteiger partial charge in [0, 0.05) is 24.1 Å². The third-order valence-electron chi connectivity index (χ3n) is 5.75. The van der Waals surface area contributed by atoms with Crippen LogP contribution in [0.25, 0.3) is 0 Å². The highest BCUT2D eigenvalue weighted by Gasteiger charge is 2.73. The van der Waals surface area contributed by atoms with Crippen LogP contribution in [0.15, 0.2) is 36.4 Å². The van der Waals surface area contributed by atoms with Crippen molar-refractivity contribution in [2.24, 2.45) is 0 Å². The number of nitrogens with one attached hydrogen (secondary N) is 1. The van der Waals surface area contributed by atoms with Crippen molar-refractivity contribution < 1.29 is 24.4 Å². The van der Waals surface area contributed by atoms with Crippen LogP contribution in [-0.4, -0.2) is 21.7 Å². The molecule has 3 aliphatic rings. The van der Waals surface area contributed by atoms with Gasteiger partial charge in [-0.3, -0.25) is 19.7 Å². The van der Waals surface area contributed by atoms with E-state index in [9.17, 15) is 24.8 Å². The fourth-order valence-electron chi connectivity index (χ4n) is 4.45. The summed E-state index contributed by atoms with van der Waals surface area (Å²) in [6.07, 6.45) is 2.10. The Morgan fingerprint density at radius 3 is 2.71 bits per heavy atom. The number of hydrogen-bond donors (Lipinski definition) is 2. The zero-order valence-corrected chi connectivity index (χ0v) is 14.9. The molecule has 28 heavy (non-hydrogen) atoms. The van der Waals surface area contributed by atoms with Gasteiger partial charge in [-0.25, -0.2) is 0 Å². The van der Waals surface area contributed by atoms with Crippen molar-refractivity contribution in [3.63, 3.8) is 0 Å².